The van der Waals surface area contributed by atoms with Crippen LogP contribution in [0.25, 0.3) is 5.70 Å². The van der Waals surface area contributed by atoms with Gasteiger partial charge in [-0.3, -0.25) is 0 Å². The van der Waals surface area contributed by atoms with Gasteiger partial charge in [-0.05, 0) is 37.3 Å². The van der Waals surface area contributed by atoms with Gasteiger partial charge >= 0.3 is 0 Å². The van der Waals surface area contributed by atoms with E-state index < -0.39 is 0 Å². The molecule has 0 atom stereocenters. The first-order valence-corrected chi connectivity index (χ1v) is 7.44. The lowest BCUT2D eigenvalue weighted by atomic mass is 10.1. The third-order valence-corrected chi connectivity index (χ3v) is 3.49. The van der Waals surface area contributed by atoms with Crippen molar-refractivity contribution in [2.75, 3.05) is 12.4 Å². The Morgan fingerprint density at radius 1 is 1.05 bits per heavy atom. The molecule has 0 aliphatic rings. The molecule has 0 bridgehead atoms. The van der Waals surface area contributed by atoms with E-state index in [1.807, 2.05) is 50.4 Å². The lowest BCUT2D eigenvalue weighted by molar-refractivity contribution is 1.12. The highest BCUT2D eigenvalue weighted by Gasteiger charge is 2.04. The summed E-state index contributed by atoms with van der Waals surface area (Å²) in [7, 11) is 1.91. The van der Waals surface area contributed by atoms with Crippen LogP contribution in [0.2, 0.25) is 5.02 Å². The highest BCUT2D eigenvalue weighted by molar-refractivity contribution is 9.11. The zero-order valence-electron chi connectivity index (χ0n) is 11.4. The van der Waals surface area contributed by atoms with E-state index in [2.05, 4.69) is 38.7 Å². The Morgan fingerprint density at radius 3 is 2.30 bits per heavy atom. The number of halogens is 2. The Kier molecular flexibility index (Phi) is 5.10. The number of anilines is 2. The average molecular weight is 352 g/mol. The van der Waals surface area contributed by atoms with Crippen molar-refractivity contribution in [2.45, 2.75) is 6.92 Å². The molecule has 0 aromatic heterocycles. The molecular formula is C16H16BrClN2. The standard InChI is InChI=1S/C16H16BrClN2/c1-11(17)16(19-2)12-5-3-7-14(9-12)20-15-8-4-6-13(18)10-15/h3-10,19-20H,1-2H3/b16-11+. The van der Waals surface area contributed by atoms with Crippen molar-refractivity contribution >= 4 is 44.6 Å². The molecule has 0 amide bonds. The number of hydrogen-bond acceptors (Lipinski definition) is 2. The molecule has 0 saturated carbocycles. The van der Waals surface area contributed by atoms with E-state index in [9.17, 15) is 0 Å². The molecule has 0 aliphatic carbocycles. The second-order valence-corrected chi connectivity index (χ2v) is 6.00. The maximum atomic E-state index is 5.99. The normalized spacial score (nSPS) is 11.8. The van der Waals surface area contributed by atoms with Crippen molar-refractivity contribution in [3.05, 3.63) is 63.6 Å². The van der Waals surface area contributed by atoms with Gasteiger partial charge < -0.3 is 10.6 Å². The van der Waals surface area contributed by atoms with Crippen LogP contribution in [-0.4, -0.2) is 7.05 Å². The van der Waals surface area contributed by atoms with Crippen LogP contribution in [0.5, 0.6) is 0 Å². The van der Waals surface area contributed by atoms with E-state index in [1.165, 1.54) is 0 Å². The maximum absolute atomic E-state index is 5.99. The van der Waals surface area contributed by atoms with E-state index in [0.29, 0.717) is 0 Å². The molecule has 20 heavy (non-hydrogen) atoms. The minimum Gasteiger partial charge on any atom is -0.387 e. The van der Waals surface area contributed by atoms with Gasteiger partial charge in [-0.2, -0.15) is 0 Å². The number of hydrogen-bond donors (Lipinski definition) is 2. The molecule has 0 radical (unpaired) electrons. The Labute approximate surface area is 133 Å². The average Bonchev–Trinajstić information content (AvgIpc) is 2.39. The van der Waals surface area contributed by atoms with Gasteiger partial charge in [0.15, 0.2) is 0 Å². The predicted molar refractivity (Wildman–Crippen MR) is 91.8 cm³/mol. The van der Waals surface area contributed by atoms with Crippen LogP contribution in [0, 0.1) is 0 Å². The molecule has 0 saturated heterocycles. The summed E-state index contributed by atoms with van der Waals surface area (Å²) in [6, 6.07) is 15.9. The van der Waals surface area contributed by atoms with Gasteiger partial charge in [0, 0.05) is 33.5 Å². The number of rotatable bonds is 4. The second-order valence-electron chi connectivity index (χ2n) is 4.37. The van der Waals surface area contributed by atoms with Crippen molar-refractivity contribution in [3.8, 4) is 0 Å². The summed E-state index contributed by atoms with van der Waals surface area (Å²) in [5, 5.41) is 7.28. The molecular weight excluding hydrogens is 336 g/mol. The van der Waals surface area contributed by atoms with E-state index in [1.54, 1.807) is 0 Å². The number of allylic oxidation sites excluding steroid dienone is 1. The Hall–Kier alpha value is -1.45. The molecule has 104 valence electrons. The minimum atomic E-state index is 0.721. The molecule has 2 nitrogen and oxygen atoms in total. The highest BCUT2D eigenvalue weighted by Crippen LogP contribution is 2.25. The fraction of sp³-hybridized carbons (Fsp3) is 0.125. The molecule has 2 aromatic rings. The largest absolute Gasteiger partial charge is 0.387 e. The van der Waals surface area contributed by atoms with Crippen LogP contribution in [-0.2, 0) is 0 Å². The van der Waals surface area contributed by atoms with Crippen LogP contribution in [0.3, 0.4) is 0 Å². The molecule has 0 unspecified atom stereocenters. The van der Waals surface area contributed by atoms with E-state index >= 15 is 0 Å². The number of nitrogens with one attached hydrogen (secondary N) is 2. The molecule has 0 fully saturated rings. The van der Waals surface area contributed by atoms with Crippen LogP contribution in [0.15, 0.2) is 53.0 Å². The Bertz CT molecular complexity index is 634. The zero-order valence-corrected chi connectivity index (χ0v) is 13.7. The Balaban J connectivity index is 2.29. The van der Waals surface area contributed by atoms with Gasteiger partial charge in [0.05, 0.1) is 5.70 Å². The van der Waals surface area contributed by atoms with Gasteiger partial charge in [0.2, 0.25) is 0 Å². The van der Waals surface area contributed by atoms with Crippen molar-refractivity contribution in [1.82, 2.24) is 5.32 Å². The van der Waals surface area contributed by atoms with Crippen molar-refractivity contribution in [3.63, 3.8) is 0 Å². The first-order valence-electron chi connectivity index (χ1n) is 6.27. The summed E-state index contributed by atoms with van der Waals surface area (Å²) in [6.07, 6.45) is 0. The van der Waals surface area contributed by atoms with Gasteiger partial charge in [0.1, 0.15) is 0 Å². The van der Waals surface area contributed by atoms with Gasteiger partial charge in [-0.1, -0.05) is 45.7 Å². The fourth-order valence-corrected chi connectivity index (χ4v) is 2.62. The lowest BCUT2D eigenvalue weighted by Gasteiger charge is -2.12. The topological polar surface area (TPSA) is 24.1 Å². The summed E-state index contributed by atoms with van der Waals surface area (Å²) in [4.78, 5) is 0. The third-order valence-electron chi connectivity index (χ3n) is 2.86. The monoisotopic (exact) mass is 350 g/mol. The SMILES string of the molecule is CN/C(=C(\C)Br)c1cccc(Nc2cccc(Cl)c2)c1. The lowest BCUT2D eigenvalue weighted by Crippen LogP contribution is -2.05. The van der Waals surface area contributed by atoms with Crippen molar-refractivity contribution in [2.24, 2.45) is 0 Å². The van der Waals surface area contributed by atoms with Crippen LogP contribution in [0.1, 0.15) is 12.5 Å². The molecule has 0 heterocycles. The van der Waals surface area contributed by atoms with Crippen LogP contribution < -0.4 is 10.6 Å². The first kappa shape index (κ1) is 14.9. The second kappa shape index (κ2) is 6.82. The number of benzene rings is 2. The summed E-state index contributed by atoms with van der Waals surface area (Å²) < 4.78 is 1.07. The third kappa shape index (κ3) is 3.78. The van der Waals surface area contributed by atoms with Crippen LogP contribution in [0.4, 0.5) is 11.4 Å². The molecule has 2 aromatic carbocycles. The molecule has 4 heteroatoms. The molecule has 0 aliphatic heterocycles. The predicted octanol–water partition coefficient (Wildman–Crippen LogP) is 5.39. The van der Waals surface area contributed by atoms with E-state index in [0.717, 1.165) is 32.1 Å². The minimum absolute atomic E-state index is 0.721. The van der Waals surface area contributed by atoms with Crippen molar-refractivity contribution < 1.29 is 0 Å². The van der Waals surface area contributed by atoms with Crippen LogP contribution >= 0.6 is 27.5 Å². The highest BCUT2D eigenvalue weighted by atomic mass is 79.9. The van der Waals surface area contributed by atoms with Gasteiger partial charge in [-0.15, -0.1) is 0 Å². The van der Waals surface area contributed by atoms with Gasteiger partial charge in [0.25, 0.3) is 0 Å². The summed E-state index contributed by atoms with van der Waals surface area (Å²) >= 11 is 9.51. The molecule has 2 rings (SSSR count). The molecule has 2 N–H and O–H groups in total. The first-order chi connectivity index (χ1) is 9.60. The Morgan fingerprint density at radius 2 is 1.70 bits per heavy atom. The van der Waals surface area contributed by atoms with Crippen molar-refractivity contribution in [1.29, 1.82) is 0 Å². The quantitative estimate of drug-likeness (QED) is 0.772. The summed E-state index contributed by atoms with van der Waals surface area (Å²) in [6.45, 7) is 2.02. The van der Waals surface area contributed by atoms with Gasteiger partial charge in [-0.25, -0.2) is 0 Å². The fourth-order valence-electron chi connectivity index (χ4n) is 2.00. The molecule has 0 spiro atoms. The summed E-state index contributed by atoms with van der Waals surface area (Å²) in [5.41, 5.74) is 4.18. The zero-order chi connectivity index (χ0) is 14.5. The van der Waals surface area contributed by atoms with E-state index in [-0.39, 0.29) is 0 Å². The maximum Gasteiger partial charge on any atom is 0.0511 e. The van der Waals surface area contributed by atoms with E-state index in [4.69, 9.17) is 11.6 Å². The smallest absolute Gasteiger partial charge is 0.0511 e. The summed E-state index contributed by atoms with van der Waals surface area (Å²) in [5.74, 6) is 0.